The number of rotatable bonds is 4. The Hall–Kier alpha value is -2.41. The Morgan fingerprint density at radius 3 is 2.71 bits per heavy atom. The van der Waals surface area contributed by atoms with Gasteiger partial charge in [-0.05, 0) is 38.1 Å². The van der Waals surface area contributed by atoms with Crippen LogP contribution >= 0.6 is 11.3 Å². The molecule has 2 heterocycles. The summed E-state index contributed by atoms with van der Waals surface area (Å²) in [5.74, 6) is -0.423. The van der Waals surface area contributed by atoms with Crippen LogP contribution < -0.4 is 11.1 Å². The Balaban J connectivity index is 1.79. The van der Waals surface area contributed by atoms with Crippen LogP contribution in [-0.2, 0) is 6.54 Å². The van der Waals surface area contributed by atoms with Crippen molar-refractivity contribution >= 4 is 27.9 Å². The Bertz CT molecular complexity index is 803. The molecule has 3 rings (SSSR count). The second-order valence-electron chi connectivity index (χ2n) is 4.75. The zero-order chi connectivity index (χ0) is 15.0. The molecule has 0 saturated heterocycles. The summed E-state index contributed by atoms with van der Waals surface area (Å²) in [7, 11) is 0. The summed E-state index contributed by atoms with van der Waals surface area (Å²) in [4.78, 5) is 16.4. The number of imidazole rings is 1. The molecule has 3 N–H and O–H groups in total. The van der Waals surface area contributed by atoms with Crippen molar-refractivity contribution in [3.05, 3.63) is 46.2 Å². The minimum Gasteiger partial charge on any atom is -0.379 e. The minimum absolute atomic E-state index is 0.423. The molecular formula is C14H15N5OS. The maximum absolute atomic E-state index is 11.0. The van der Waals surface area contributed by atoms with E-state index in [0.29, 0.717) is 12.1 Å². The van der Waals surface area contributed by atoms with Gasteiger partial charge in [-0.3, -0.25) is 4.79 Å². The van der Waals surface area contributed by atoms with E-state index in [2.05, 4.69) is 15.4 Å². The highest BCUT2D eigenvalue weighted by molar-refractivity contribution is 7.16. The van der Waals surface area contributed by atoms with Gasteiger partial charge in [0.15, 0.2) is 0 Å². The molecule has 21 heavy (non-hydrogen) atoms. The van der Waals surface area contributed by atoms with Gasteiger partial charge >= 0.3 is 0 Å². The average molecular weight is 301 g/mol. The molecule has 1 aromatic carbocycles. The van der Waals surface area contributed by atoms with E-state index in [4.69, 9.17) is 5.73 Å². The van der Waals surface area contributed by atoms with E-state index >= 15 is 0 Å². The number of amides is 1. The van der Waals surface area contributed by atoms with Gasteiger partial charge in [-0.1, -0.05) is 11.3 Å². The standard InChI is InChI=1S/C14H15N5OS/c1-8-12(19-14(17-8)21-9(2)18-19)7-16-11-5-3-10(4-6-11)13(15)20/h3-6,16H,7H2,1-2H3,(H2,15,20). The average Bonchev–Trinajstić information content (AvgIpc) is 2.92. The Labute approximate surface area is 125 Å². The summed E-state index contributed by atoms with van der Waals surface area (Å²) in [6, 6.07) is 7.08. The molecule has 2 aromatic heterocycles. The lowest BCUT2D eigenvalue weighted by atomic mass is 10.2. The van der Waals surface area contributed by atoms with E-state index in [-0.39, 0.29) is 0 Å². The highest BCUT2D eigenvalue weighted by Crippen LogP contribution is 2.19. The molecule has 0 aliphatic carbocycles. The summed E-state index contributed by atoms with van der Waals surface area (Å²) in [6.07, 6.45) is 0. The summed E-state index contributed by atoms with van der Waals surface area (Å²) in [5, 5.41) is 8.75. The number of carbonyl (C=O) groups excluding carboxylic acids is 1. The maximum atomic E-state index is 11.0. The number of nitrogens with zero attached hydrogens (tertiary/aromatic N) is 3. The van der Waals surface area contributed by atoms with Gasteiger partial charge in [-0.25, -0.2) is 9.50 Å². The molecule has 1 amide bonds. The van der Waals surface area contributed by atoms with Crippen molar-refractivity contribution in [2.75, 3.05) is 5.32 Å². The second-order valence-corrected chi connectivity index (χ2v) is 5.91. The number of nitrogens with two attached hydrogens (primary N) is 1. The molecule has 108 valence electrons. The lowest BCUT2D eigenvalue weighted by Gasteiger charge is -2.06. The molecule has 0 aliphatic heterocycles. The summed E-state index contributed by atoms with van der Waals surface area (Å²) in [5.41, 5.74) is 8.64. The van der Waals surface area contributed by atoms with Crippen LogP contribution in [0.1, 0.15) is 26.8 Å². The highest BCUT2D eigenvalue weighted by Gasteiger charge is 2.12. The fourth-order valence-corrected chi connectivity index (χ4v) is 2.93. The van der Waals surface area contributed by atoms with Gasteiger partial charge in [0.1, 0.15) is 5.01 Å². The van der Waals surface area contributed by atoms with Gasteiger partial charge in [0.2, 0.25) is 10.9 Å². The first-order chi connectivity index (χ1) is 10.0. The molecule has 3 aromatic rings. The van der Waals surface area contributed by atoms with Crippen molar-refractivity contribution in [2.24, 2.45) is 5.73 Å². The van der Waals surface area contributed by atoms with Crippen LogP contribution in [0.15, 0.2) is 24.3 Å². The number of aryl methyl sites for hydroxylation is 2. The number of carbonyl (C=O) groups is 1. The predicted molar refractivity (Wildman–Crippen MR) is 82.6 cm³/mol. The summed E-state index contributed by atoms with van der Waals surface area (Å²) in [6.45, 7) is 4.56. The summed E-state index contributed by atoms with van der Waals surface area (Å²) < 4.78 is 1.88. The topological polar surface area (TPSA) is 85.3 Å². The van der Waals surface area contributed by atoms with Crippen molar-refractivity contribution in [1.82, 2.24) is 14.6 Å². The van der Waals surface area contributed by atoms with E-state index in [1.807, 2.05) is 30.5 Å². The zero-order valence-electron chi connectivity index (χ0n) is 11.8. The molecule has 0 radical (unpaired) electrons. The predicted octanol–water partition coefficient (Wildman–Crippen LogP) is 2.12. The summed E-state index contributed by atoms with van der Waals surface area (Å²) >= 11 is 1.58. The first-order valence-corrected chi connectivity index (χ1v) is 7.31. The molecule has 0 saturated carbocycles. The number of anilines is 1. The lowest BCUT2D eigenvalue weighted by Crippen LogP contribution is -2.11. The number of hydrogen-bond donors (Lipinski definition) is 2. The molecule has 7 heteroatoms. The van der Waals surface area contributed by atoms with Crippen molar-refractivity contribution in [2.45, 2.75) is 20.4 Å². The molecule has 6 nitrogen and oxygen atoms in total. The molecule has 0 bridgehead atoms. The van der Waals surface area contributed by atoms with E-state index in [1.54, 1.807) is 23.5 Å². The first kappa shape index (κ1) is 13.6. The van der Waals surface area contributed by atoms with Crippen LogP contribution in [-0.4, -0.2) is 20.5 Å². The van der Waals surface area contributed by atoms with Crippen LogP contribution in [0.4, 0.5) is 5.69 Å². The lowest BCUT2D eigenvalue weighted by molar-refractivity contribution is 0.100. The van der Waals surface area contributed by atoms with Gasteiger partial charge in [0, 0.05) is 11.3 Å². The molecule has 0 aliphatic rings. The minimum atomic E-state index is -0.423. The van der Waals surface area contributed by atoms with Gasteiger partial charge < -0.3 is 11.1 Å². The third-order valence-electron chi connectivity index (χ3n) is 3.23. The number of nitrogens with one attached hydrogen (secondary N) is 1. The van der Waals surface area contributed by atoms with E-state index in [1.165, 1.54) is 0 Å². The van der Waals surface area contributed by atoms with E-state index in [9.17, 15) is 4.79 Å². The van der Waals surface area contributed by atoms with Crippen molar-refractivity contribution in [1.29, 1.82) is 0 Å². The normalized spacial score (nSPS) is 11.0. The second kappa shape index (κ2) is 5.17. The quantitative estimate of drug-likeness (QED) is 0.773. The van der Waals surface area contributed by atoms with Gasteiger partial charge in [-0.2, -0.15) is 5.10 Å². The first-order valence-electron chi connectivity index (χ1n) is 6.50. The van der Waals surface area contributed by atoms with Crippen molar-refractivity contribution in [3.8, 4) is 0 Å². The number of primary amides is 1. The molecule has 0 fully saturated rings. The van der Waals surface area contributed by atoms with Gasteiger partial charge in [-0.15, -0.1) is 0 Å². The number of hydrogen-bond acceptors (Lipinski definition) is 5. The Morgan fingerprint density at radius 1 is 1.33 bits per heavy atom. The SMILES string of the molecule is Cc1nn2c(CNc3ccc(C(N)=O)cc3)c(C)nc2s1. The van der Waals surface area contributed by atoms with Crippen molar-refractivity contribution in [3.63, 3.8) is 0 Å². The monoisotopic (exact) mass is 301 g/mol. The largest absolute Gasteiger partial charge is 0.379 e. The smallest absolute Gasteiger partial charge is 0.248 e. The van der Waals surface area contributed by atoms with Crippen LogP contribution in [0, 0.1) is 13.8 Å². The molecule has 0 spiro atoms. The molecule has 0 unspecified atom stereocenters. The van der Waals surface area contributed by atoms with Crippen LogP contribution in [0.5, 0.6) is 0 Å². The van der Waals surface area contributed by atoms with E-state index < -0.39 is 5.91 Å². The van der Waals surface area contributed by atoms with Crippen LogP contribution in [0.2, 0.25) is 0 Å². The molecular weight excluding hydrogens is 286 g/mol. The van der Waals surface area contributed by atoms with Crippen LogP contribution in [0.3, 0.4) is 0 Å². The van der Waals surface area contributed by atoms with E-state index in [0.717, 1.165) is 27.0 Å². The fourth-order valence-electron chi connectivity index (χ4n) is 2.13. The highest BCUT2D eigenvalue weighted by atomic mass is 32.1. The maximum Gasteiger partial charge on any atom is 0.248 e. The van der Waals surface area contributed by atoms with Gasteiger partial charge in [0.25, 0.3) is 0 Å². The third kappa shape index (κ3) is 2.59. The number of fused-ring (bicyclic) bond motifs is 1. The number of aromatic nitrogens is 3. The Morgan fingerprint density at radius 2 is 2.05 bits per heavy atom. The fraction of sp³-hybridized carbons (Fsp3) is 0.214. The van der Waals surface area contributed by atoms with Crippen LogP contribution in [0.25, 0.3) is 4.96 Å². The zero-order valence-corrected chi connectivity index (χ0v) is 12.6. The number of benzene rings is 1. The third-order valence-corrected chi connectivity index (χ3v) is 4.05. The van der Waals surface area contributed by atoms with Crippen molar-refractivity contribution < 1.29 is 4.79 Å². The Kier molecular flexibility index (Phi) is 3.34. The van der Waals surface area contributed by atoms with Gasteiger partial charge in [0.05, 0.1) is 17.9 Å². The molecule has 0 atom stereocenters.